The first kappa shape index (κ1) is 24.5. The highest BCUT2D eigenvalue weighted by atomic mass is 35.5. The SMILES string of the molecule is C=CN[C@](CC/C=C\C=C/C)(c1cccc(OC(F)(F)C(C)F)c1)c1ccc(Cl)cn1. The number of benzene rings is 1. The van der Waals surface area contributed by atoms with Gasteiger partial charge in [0.05, 0.1) is 10.7 Å². The van der Waals surface area contributed by atoms with Crippen LogP contribution in [0.3, 0.4) is 0 Å². The molecular formula is C24H26ClF3N2O. The summed E-state index contributed by atoms with van der Waals surface area (Å²) in [6.45, 7) is 6.46. The third kappa shape index (κ3) is 6.37. The van der Waals surface area contributed by atoms with E-state index in [1.807, 2.05) is 31.2 Å². The maximum atomic E-state index is 13.8. The van der Waals surface area contributed by atoms with Gasteiger partial charge in [0, 0.05) is 6.20 Å². The average Bonchev–Trinajstić information content (AvgIpc) is 2.73. The Balaban J connectivity index is 2.53. The fraction of sp³-hybridized carbons (Fsp3) is 0.292. The second-order valence-electron chi connectivity index (χ2n) is 6.92. The van der Waals surface area contributed by atoms with Crippen molar-refractivity contribution >= 4 is 11.6 Å². The number of hydrogen-bond acceptors (Lipinski definition) is 3. The van der Waals surface area contributed by atoms with E-state index in [9.17, 15) is 13.2 Å². The molecular weight excluding hydrogens is 425 g/mol. The molecule has 2 rings (SSSR count). The number of aromatic nitrogens is 1. The van der Waals surface area contributed by atoms with E-state index in [4.69, 9.17) is 11.6 Å². The second kappa shape index (κ2) is 11.0. The van der Waals surface area contributed by atoms with E-state index in [1.165, 1.54) is 24.5 Å². The van der Waals surface area contributed by atoms with Gasteiger partial charge >= 0.3 is 6.11 Å². The van der Waals surface area contributed by atoms with Crippen LogP contribution in [-0.2, 0) is 5.54 Å². The summed E-state index contributed by atoms with van der Waals surface area (Å²) < 4.78 is 45.6. The van der Waals surface area contributed by atoms with Gasteiger partial charge in [-0.25, -0.2) is 4.39 Å². The largest absolute Gasteiger partial charge is 0.430 e. The zero-order chi connectivity index (χ0) is 22.9. The van der Waals surface area contributed by atoms with Gasteiger partial charge < -0.3 is 10.1 Å². The lowest BCUT2D eigenvalue weighted by Crippen LogP contribution is -2.41. The third-order valence-electron chi connectivity index (χ3n) is 4.68. The number of ether oxygens (including phenoxy) is 1. The molecule has 0 aliphatic heterocycles. The predicted octanol–water partition coefficient (Wildman–Crippen LogP) is 6.95. The van der Waals surface area contributed by atoms with Gasteiger partial charge in [0.25, 0.3) is 0 Å². The van der Waals surface area contributed by atoms with Crippen molar-refractivity contribution in [2.75, 3.05) is 0 Å². The van der Waals surface area contributed by atoms with Gasteiger partial charge in [-0.05, 0) is 62.7 Å². The molecule has 0 fully saturated rings. The lowest BCUT2D eigenvalue weighted by molar-refractivity contribution is -0.215. The smallest absolute Gasteiger partial charge is 0.429 e. The van der Waals surface area contributed by atoms with Crippen molar-refractivity contribution in [3.63, 3.8) is 0 Å². The van der Waals surface area contributed by atoms with E-state index in [0.717, 1.165) is 6.92 Å². The monoisotopic (exact) mass is 450 g/mol. The van der Waals surface area contributed by atoms with Gasteiger partial charge in [0.15, 0.2) is 0 Å². The summed E-state index contributed by atoms with van der Waals surface area (Å²) in [5, 5.41) is 3.71. The first-order valence-corrected chi connectivity index (χ1v) is 10.2. The van der Waals surface area contributed by atoms with Crippen molar-refractivity contribution in [2.45, 2.75) is 44.5 Å². The Bertz CT molecular complexity index is 913. The van der Waals surface area contributed by atoms with Crippen LogP contribution in [0, 0.1) is 0 Å². The van der Waals surface area contributed by atoms with Gasteiger partial charge in [-0.15, -0.1) is 0 Å². The summed E-state index contributed by atoms with van der Waals surface area (Å²) in [4.78, 5) is 4.46. The number of nitrogens with zero attached hydrogens (tertiary/aromatic N) is 1. The molecule has 1 N–H and O–H groups in total. The zero-order valence-electron chi connectivity index (χ0n) is 17.5. The first-order valence-electron chi connectivity index (χ1n) is 9.85. The zero-order valence-corrected chi connectivity index (χ0v) is 18.3. The lowest BCUT2D eigenvalue weighted by atomic mass is 9.81. The summed E-state index contributed by atoms with van der Waals surface area (Å²) in [5.74, 6) is -0.152. The number of pyridine rings is 1. The fourth-order valence-corrected chi connectivity index (χ4v) is 3.21. The number of allylic oxidation sites excluding steroid dienone is 4. The number of alkyl halides is 3. The quantitative estimate of drug-likeness (QED) is 0.376. The van der Waals surface area contributed by atoms with Crippen LogP contribution in [0.25, 0.3) is 0 Å². The van der Waals surface area contributed by atoms with Crippen molar-refractivity contribution in [2.24, 2.45) is 0 Å². The summed E-state index contributed by atoms with van der Waals surface area (Å²) in [6.07, 6.45) is 5.58. The van der Waals surface area contributed by atoms with Crippen LogP contribution in [0.1, 0.15) is 37.9 Å². The number of nitrogens with one attached hydrogen (secondary N) is 1. The van der Waals surface area contributed by atoms with Crippen LogP contribution >= 0.6 is 11.6 Å². The minimum absolute atomic E-state index is 0.152. The molecule has 0 aliphatic carbocycles. The summed E-state index contributed by atoms with van der Waals surface area (Å²) in [5.41, 5.74) is 0.336. The molecule has 0 spiro atoms. The molecule has 1 heterocycles. The van der Waals surface area contributed by atoms with E-state index < -0.39 is 17.8 Å². The fourth-order valence-electron chi connectivity index (χ4n) is 3.10. The third-order valence-corrected chi connectivity index (χ3v) is 4.91. The maximum Gasteiger partial charge on any atom is 0.429 e. The Hall–Kier alpha value is -2.73. The van der Waals surface area contributed by atoms with Crippen LogP contribution in [0.5, 0.6) is 5.75 Å². The molecule has 2 aromatic rings. The standard InChI is InChI=1S/C24H26ClF3N2O/c1-4-6-7-8-9-15-23(30-5-2,22-14-13-20(25)17-29-22)19-11-10-12-21(16-19)31-24(27,28)18(3)26/h4-8,10-14,16-18,30H,2,9,15H2,1,3H3/b6-4-,8-7-/t18?,23-/m1/s1. The van der Waals surface area contributed by atoms with Crippen LogP contribution in [0.2, 0.25) is 5.02 Å². The van der Waals surface area contributed by atoms with Gasteiger partial charge in [-0.1, -0.05) is 54.6 Å². The second-order valence-corrected chi connectivity index (χ2v) is 7.35. The van der Waals surface area contributed by atoms with Crippen molar-refractivity contribution in [3.05, 3.63) is 96.0 Å². The van der Waals surface area contributed by atoms with Crippen LogP contribution in [0.4, 0.5) is 13.2 Å². The van der Waals surface area contributed by atoms with Gasteiger partial charge in [0.2, 0.25) is 6.17 Å². The Morgan fingerprint density at radius 1 is 1.26 bits per heavy atom. The summed E-state index contributed by atoms with van der Waals surface area (Å²) in [6, 6.07) is 9.64. The Kier molecular flexibility index (Phi) is 8.75. The minimum atomic E-state index is -3.94. The molecule has 7 heteroatoms. The Morgan fingerprint density at radius 3 is 2.65 bits per heavy atom. The first-order chi connectivity index (χ1) is 14.7. The Morgan fingerprint density at radius 2 is 2.03 bits per heavy atom. The summed E-state index contributed by atoms with van der Waals surface area (Å²) in [7, 11) is 0. The van der Waals surface area contributed by atoms with Crippen LogP contribution in [-0.4, -0.2) is 17.3 Å². The molecule has 1 aromatic heterocycles. The molecule has 2 atom stereocenters. The molecule has 1 unspecified atom stereocenters. The van der Waals surface area contributed by atoms with E-state index in [2.05, 4.69) is 21.6 Å². The molecule has 166 valence electrons. The minimum Gasteiger partial charge on any atom is -0.430 e. The van der Waals surface area contributed by atoms with Crippen molar-refractivity contribution < 1.29 is 17.9 Å². The maximum absolute atomic E-state index is 13.8. The van der Waals surface area contributed by atoms with Crippen LogP contribution in [0.15, 0.2) is 79.7 Å². The predicted molar refractivity (Wildman–Crippen MR) is 119 cm³/mol. The molecule has 3 nitrogen and oxygen atoms in total. The molecule has 0 aliphatic rings. The highest BCUT2D eigenvalue weighted by Gasteiger charge is 2.40. The summed E-state index contributed by atoms with van der Waals surface area (Å²) >= 11 is 6.01. The molecule has 0 saturated heterocycles. The average molecular weight is 451 g/mol. The molecule has 0 saturated carbocycles. The van der Waals surface area contributed by atoms with Crippen molar-refractivity contribution in [3.8, 4) is 5.75 Å². The molecule has 0 bridgehead atoms. The number of hydrogen-bond donors (Lipinski definition) is 1. The lowest BCUT2D eigenvalue weighted by Gasteiger charge is -2.35. The highest BCUT2D eigenvalue weighted by Crippen LogP contribution is 2.37. The van der Waals surface area contributed by atoms with Gasteiger partial charge in [-0.2, -0.15) is 8.78 Å². The Labute approximate surface area is 186 Å². The normalized spacial score (nSPS) is 15.0. The molecule has 0 amide bonds. The molecule has 31 heavy (non-hydrogen) atoms. The van der Waals surface area contributed by atoms with E-state index >= 15 is 0 Å². The van der Waals surface area contributed by atoms with Crippen molar-refractivity contribution in [1.82, 2.24) is 10.3 Å². The highest BCUT2D eigenvalue weighted by molar-refractivity contribution is 6.30. The van der Waals surface area contributed by atoms with Crippen LogP contribution < -0.4 is 10.1 Å². The van der Waals surface area contributed by atoms with E-state index in [0.29, 0.717) is 29.1 Å². The van der Waals surface area contributed by atoms with E-state index in [-0.39, 0.29) is 5.75 Å². The topological polar surface area (TPSA) is 34.1 Å². The van der Waals surface area contributed by atoms with Gasteiger partial charge in [-0.3, -0.25) is 4.98 Å². The number of rotatable bonds is 11. The molecule has 0 radical (unpaired) electrons. The van der Waals surface area contributed by atoms with E-state index in [1.54, 1.807) is 24.3 Å². The molecule has 1 aromatic carbocycles. The van der Waals surface area contributed by atoms with Gasteiger partial charge in [0.1, 0.15) is 11.3 Å². The van der Waals surface area contributed by atoms with Crippen molar-refractivity contribution in [1.29, 1.82) is 0 Å². The number of halogens is 4.